The Morgan fingerprint density at radius 2 is 2.00 bits per heavy atom. The fourth-order valence-corrected chi connectivity index (χ4v) is 3.67. The van der Waals surface area contributed by atoms with Gasteiger partial charge in [-0.3, -0.25) is 19.8 Å². The predicted molar refractivity (Wildman–Crippen MR) is 66.9 cm³/mol. The molecule has 3 heterocycles. The molecule has 0 aliphatic carbocycles. The quantitative estimate of drug-likeness (QED) is 0.637. The molecule has 3 fully saturated rings. The van der Waals surface area contributed by atoms with Gasteiger partial charge in [-0.1, -0.05) is 0 Å². The van der Waals surface area contributed by atoms with Gasteiger partial charge in [0.1, 0.15) is 0 Å². The standard InChI is InChI=1S/C13H21N3O2/c17-11-8-13(12(18)15-11)4-1-7-16(9-13)10-2-5-14-6-3-10/h10,14H,1-9H2,(H,15,17,18). The van der Waals surface area contributed by atoms with Crippen LogP contribution in [0.15, 0.2) is 0 Å². The van der Waals surface area contributed by atoms with Crippen LogP contribution in [0.5, 0.6) is 0 Å². The monoisotopic (exact) mass is 251 g/mol. The summed E-state index contributed by atoms with van der Waals surface area (Å²) in [7, 11) is 0. The summed E-state index contributed by atoms with van der Waals surface area (Å²) in [6.45, 7) is 3.99. The molecule has 5 nitrogen and oxygen atoms in total. The van der Waals surface area contributed by atoms with Gasteiger partial charge in [-0.15, -0.1) is 0 Å². The molecule has 5 heteroatoms. The third-order valence-corrected chi connectivity index (χ3v) is 4.67. The van der Waals surface area contributed by atoms with Gasteiger partial charge in [-0.2, -0.15) is 0 Å². The highest BCUT2D eigenvalue weighted by Gasteiger charge is 2.49. The van der Waals surface area contributed by atoms with Crippen LogP contribution < -0.4 is 10.6 Å². The zero-order valence-electron chi connectivity index (χ0n) is 10.7. The first-order valence-electron chi connectivity index (χ1n) is 6.99. The number of carbonyl (C=O) groups excluding carboxylic acids is 2. The van der Waals surface area contributed by atoms with E-state index in [4.69, 9.17) is 0 Å². The summed E-state index contributed by atoms with van der Waals surface area (Å²) in [6, 6.07) is 0.590. The number of hydrogen-bond acceptors (Lipinski definition) is 4. The average Bonchev–Trinajstić information content (AvgIpc) is 2.65. The minimum atomic E-state index is -0.416. The molecule has 0 radical (unpaired) electrons. The molecule has 0 bridgehead atoms. The SMILES string of the molecule is O=C1CC2(CCCN(C3CCNCC3)C2)C(=O)N1. The Bertz CT molecular complexity index is 365. The maximum Gasteiger partial charge on any atom is 0.234 e. The van der Waals surface area contributed by atoms with Crippen LogP contribution in [0.4, 0.5) is 0 Å². The zero-order chi connectivity index (χ0) is 12.6. The molecule has 1 unspecified atom stereocenters. The number of nitrogens with one attached hydrogen (secondary N) is 2. The van der Waals surface area contributed by atoms with E-state index >= 15 is 0 Å². The topological polar surface area (TPSA) is 61.4 Å². The molecule has 18 heavy (non-hydrogen) atoms. The van der Waals surface area contributed by atoms with Crippen molar-refractivity contribution in [1.82, 2.24) is 15.5 Å². The van der Waals surface area contributed by atoms with Gasteiger partial charge in [-0.05, 0) is 45.3 Å². The van der Waals surface area contributed by atoms with E-state index in [0.29, 0.717) is 12.5 Å². The molecule has 1 atom stereocenters. The molecular weight excluding hydrogens is 230 g/mol. The highest BCUT2D eigenvalue weighted by atomic mass is 16.2. The maximum atomic E-state index is 12.0. The second-order valence-electron chi connectivity index (χ2n) is 5.89. The van der Waals surface area contributed by atoms with Crippen LogP contribution in [0.25, 0.3) is 0 Å². The van der Waals surface area contributed by atoms with Crippen molar-refractivity contribution in [3.63, 3.8) is 0 Å². The largest absolute Gasteiger partial charge is 0.317 e. The molecule has 2 amide bonds. The summed E-state index contributed by atoms with van der Waals surface area (Å²) in [4.78, 5) is 25.9. The summed E-state index contributed by atoms with van der Waals surface area (Å²) in [5.74, 6) is -0.127. The fourth-order valence-electron chi connectivity index (χ4n) is 3.67. The van der Waals surface area contributed by atoms with Gasteiger partial charge in [-0.25, -0.2) is 0 Å². The molecule has 0 aromatic heterocycles. The molecular formula is C13H21N3O2. The van der Waals surface area contributed by atoms with Crippen molar-refractivity contribution in [1.29, 1.82) is 0 Å². The summed E-state index contributed by atoms with van der Waals surface area (Å²) in [6.07, 6.45) is 4.61. The zero-order valence-corrected chi connectivity index (χ0v) is 10.7. The molecule has 3 aliphatic heterocycles. The predicted octanol–water partition coefficient (Wildman–Crippen LogP) is -0.133. The van der Waals surface area contributed by atoms with Crippen molar-refractivity contribution in [3.8, 4) is 0 Å². The van der Waals surface area contributed by atoms with Gasteiger partial charge in [0, 0.05) is 19.0 Å². The Kier molecular flexibility index (Phi) is 3.11. The van der Waals surface area contributed by atoms with E-state index in [1.165, 1.54) is 0 Å². The molecule has 0 saturated carbocycles. The van der Waals surface area contributed by atoms with E-state index in [9.17, 15) is 9.59 Å². The molecule has 2 N–H and O–H groups in total. The molecule has 0 aromatic carbocycles. The van der Waals surface area contributed by atoms with Gasteiger partial charge >= 0.3 is 0 Å². The third kappa shape index (κ3) is 2.06. The first-order valence-corrected chi connectivity index (χ1v) is 6.99. The van der Waals surface area contributed by atoms with E-state index in [2.05, 4.69) is 15.5 Å². The summed E-state index contributed by atoms with van der Waals surface area (Å²) >= 11 is 0. The number of rotatable bonds is 1. The Balaban J connectivity index is 1.71. The van der Waals surface area contributed by atoms with Crippen molar-refractivity contribution in [3.05, 3.63) is 0 Å². The molecule has 1 spiro atoms. The molecule has 100 valence electrons. The van der Waals surface area contributed by atoms with Crippen LogP contribution in [0, 0.1) is 5.41 Å². The van der Waals surface area contributed by atoms with Gasteiger partial charge in [0.05, 0.1) is 5.41 Å². The Morgan fingerprint density at radius 1 is 1.22 bits per heavy atom. The van der Waals surface area contributed by atoms with Crippen LogP contribution in [0.1, 0.15) is 32.1 Å². The van der Waals surface area contributed by atoms with Crippen molar-refractivity contribution in [2.24, 2.45) is 5.41 Å². The van der Waals surface area contributed by atoms with E-state index in [1.807, 2.05) is 0 Å². The first kappa shape index (κ1) is 12.1. The lowest BCUT2D eigenvalue weighted by Gasteiger charge is -2.43. The van der Waals surface area contributed by atoms with Crippen molar-refractivity contribution in [2.75, 3.05) is 26.2 Å². The van der Waals surface area contributed by atoms with Gasteiger partial charge in [0.2, 0.25) is 11.8 Å². The van der Waals surface area contributed by atoms with E-state index in [1.54, 1.807) is 0 Å². The molecule has 3 aliphatic rings. The second-order valence-corrected chi connectivity index (χ2v) is 5.89. The molecule has 0 aromatic rings. The van der Waals surface area contributed by atoms with Crippen molar-refractivity contribution >= 4 is 11.8 Å². The van der Waals surface area contributed by atoms with E-state index in [0.717, 1.165) is 51.9 Å². The highest BCUT2D eigenvalue weighted by Crippen LogP contribution is 2.38. The number of nitrogens with zero attached hydrogens (tertiary/aromatic N) is 1. The minimum Gasteiger partial charge on any atom is -0.317 e. The number of hydrogen-bond donors (Lipinski definition) is 2. The third-order valence-electron chi connectivity index (χ3n) is 4.67. The fraction of sp³-hybridized carbons (Fsp3) is 0.846. The lowest BCUT2D eigenvalue weighted by molar-refractivity contribution is -0.131. The van der Waals surface area contributed by atoms with Crippen molar-refractivity contribution in [2.45, 2.75) is 38.1 Å². The van der Waals surface area contributed by atoms with Crippen LogP contribution in [-0.2, 0) is 9.59 Å². The Labute approximate surface area is 107 Å². The lowest BCUT2D eigenvalue weighted by atomic mass is 9.77. The summed E-state index contributed by atoms with van der Waals surface area (Å²) in [5, 5.41) is 5.85. The van der Waals surface area contributed by atoms with Crippen LogP contribution in [0.3, 0.4) is 0 Å². The first-order chi connectivity index (χ1) is 8.70. The number of carbonyl (C=O) groups is 2. The lowest BCUT2D eigenvalue weighted by Crippen LogP contribution is -2.53. The molecule has 3 rings (SSSR count). The maximum absolute atomic E-state index is 12.0. The van der Waals surface area contributed by atoms with Crippen LogP contribution in [-0.4, -0.2) is 48.9 Å². The van der Waals surface area contributed by atoms with Gasteiger partial charge in [0.15, 0.2) is 0 Å². The van der Waals surface area contributed by atoms with Gasteiger partial charge < -0.3 is 5.32 Å². The average molecular weight is 251 g/mol. The Hall–Kier alpha value is -0.940. The highest BCUT2D eigenvalue weighted by molar-refractivity contribution is 6.06. The summed E-state index contributed by atoms with van der Waals surface area (Å²) < 4.78 is 0. The minimum absolute atomic E-state index is 0.0360. The van der Waals surface area contributed by atoms with Crippen LogP contribution >= 0.6 is 0 Å². The number of imide groups is 1. The van der Waals surface area contributed by atoms with E-state index in [-0.39, 0.29) is 11.8 Å². The number of likely N-dealkylation sites (tertiary alicyclic amines) is 1. The smallest absolute Gasteiger partial charge is 0.234 e. The summed E-state index contributed by atoms with van der Waals surface area (Å²) in [5.41, 5.74) is -0.416. The Morgan fingerprint density at radius 3 is 2.67 bits per heavy atom. The van der Waals surface area contributed by atoms with Crippen LogP contribution in [0.2, 0.25) is 0 Å². The second kappa shape index (κ2) is 4.63. The van der Waals surface area contributed by atoms with E-state index < -0.39 is 5.41 Å². The number of piperidine rings is 2. The number of amides is 2. The van der Waals surface area contributed by atoms with Gasteiger partial charge in [0.25, 0.3) is 0 Å². The molecule has 3 saturated heterocycles. The van der Waals surface area contributed by atoms with Crippen molar-refractivity contribution < 1.29 is 9.59 Å². The normalized spacial score (nSPS) is 35.1.